The van der Waals surface area contributed by atoms with Gasteiger partial charge in [0.05, 0.1) is 7.11 Å². The van der Waals surface area contributed by atoms with Crippen molar-refractivity contribution < 1.29 is 13.9 Å². The van der Waals surface area contributed by atoms with Gasteiger partial charge in [-0.1, -0.05) is 6.07 Å². The largest absolute Gasteiger partial charge is 0.493 e. The van der Waals surface area contributed by atoms with E-state index in [1.54, 1.807) is 20.1 Å². The van der Waals surface area contributed by atoms with Crippen LogP contribution in [0.5, 0.6) is 17.2 Å². The van der Waals surface area contributed by atoms with Crippen LogP contribution in [-0.4, -0.2) is 7.11 Å². The van der Waals surface area contributed by atoms with Crippen LogP contribution in [0.15, 0.2) is 36.4 Å². The molecule has 0 aliphatic rings. The highest BCUT2D eigenvalue weighted by Crippen LogP contribution is 2.35. The zero-order valence-electron chi connectivity index (χ0n) is 11.8. The van der Waals surface area contributed by atoms with Crippen LogP contribution in [0, 0.1) is 12.7 Å². The second kappa shape index (κ2) is 5.92. The van der Waals surface area contributed by atoms with Gasteiger partial charge in [0, 0.05) is 11.6 Å². The van der Waals surface area contributed by atoms with E-state index >= 15 is 0 Å². The lowest BCUT2D eigenvalue weighted by Crippen LogP contribution is -2.07. The zero-order chi connectivity index (χ0) is 14.7. The SMILES string of the molecule is COc1cc(C)ccc1Oc1ccc(F)cc1[C@H](C)N. The molecule has 2 N–H and O–H groups in total. The van der Waals surface area contributed by atoms with Crippen LogP contribution in [0.1, 0.15) is 24.1 Å². The molecular formula is C16H18FNO2. The summed E-state index contributed by atoms with van der Waals surface area (Å²) in [7, 11) is 1.58. The Kier molecular flexibility index (Phi) is 4.25. The van der Waals surface area contributed by atoms with Gasteiger partial charge in [0.2, 0.25) is 0 Å². The number of rotatable bonds is 4. The van der Waals surface area contributed by atoms with Crippen molar-refractivity contribution >= 4 is 0 Å². The second-order valence-electron chi connectivity index (χ2n) is 4.73. The molecule has 106 valence electrons. The summed E-state index contributed by atoms with van der Waals surface area (Å²) < 4.78 is 24.4. The van der Waals surface area contributed by atoms with E-state index in [1.807, 2.05) is 25.1 Å². The third kappa shape index (κ3) is 3.08. The summed E-state index contributed by atoms with van der Waals surface area (Å²) in [4.78, 5) is 0. The van der Waals surface area contributed by atoms with Crippen LogP contribution in [0.4, 0.5) is 4.39 Å². The van der Waals surface area contributed by atoms with E-state index in [1.165, 1.54) is 12.1 Å². The van der Waals surface area contributed by atoms with Gasteiger partial charge in [0.15, 0.2) is 11.5 Å². The van der Waals surface area contributed by atoms with Gasteiger partial charge in [-0.2, -0.15) is 0 Å². The summed E-state index contributed by atoms with van der Waals surface area (Å²) in [6.07, 6.45) is 0. The molecule has 0 amide bonds. The molecule has 0 saturated heterocycles. The molecule has 0 unspecified atom stereocenters. The number of hydrogen-bond acceptors (Lipinski definition) is 3. The van der Waals surface area contributed by atoms with Crippen LogP contribution in [0.3, 0.4) is 0 Å². The predicted molar refractivity (Wildman–Crippen MR) is 76.8 cm³/mol. The highest BCUT2D eigenvalue weighted by Gasteiger charge is 2.13. The summed E-state index contributed by atoms with van der Waals surface area (Å²) >= 11 is 0. The van der Waals surface area contributed by atoms with Crippen LogP contribution in [-0.2, 0) is 0 Å². The van der Waals surface area contributed by atoms with Crippen LogP contribution < -0.4 is 15.2 Å². The molecule has 0 radical (unpaired) electrons. The molecular weight excluding hydrogens is 257 g/mol. The Labute approximate surface area is 118 Å². The summed E-state index contributed by atoms with van der Waals surface area (Å²) in [6.45, 7) is 3.76. The number of methoxy groups -OCH3 is 1. The molecule has 0 aliphatic carbocycles. The molecule has 2 rings (SSSR count). The Morgan fingerprint density at radius 1 is 1.05 bits per heavy atom. The van der Waals surface area contributed by atoms with Crippen molar-refractivity contribution in [1.82, 2.24) is 0 Å². The summed E-state index contributed by atoms with van der Waals surface area (Å²) in [5.74, 6) is 1.40. The number of aryl methyl sites for hydroxylation is 1. The van der Waals surface area contributed by atoms with Gasteiger partial charge in [-0.3, -0.25) is 0 Å². The normalized spacial score (nSPS) is 12.1. The molecule has 3 nitrogen and oxygen atoms in total. The maximum atomic E-state index is 13.3. The minimum atomic E-state index is -0.333. The lowest BCUT2D eigenvalue weighted by atomic mass is 10.1. The first kappa shape index (κ1) is 14.3. The van der Waals surface area contributed by atoms with E-state index in [4.69, 9.17) is 15.2 Å². The third-order valence-electron chi connectivity index (χ3n) is 3.00. The highest BCUT2D eigenvalue weighted by atomic mass is 19.1. The van der Waals surface area contributed by atoms with Gasteiger partial charge in [-0.25, -0.2) is 4.39 Å². The molecule has 0 bridgehead atoms. The Balaban J connectivity index is 2.39. The molecule has 0 aromatic heterocycles. The Hall–Kier alpha value is -2.07. The molecule has 0 fully saturated rings. The second-order valence-corrected chi connectivity index (χ2v) is 4.73. The van der Waals surface area contributed by atoms with Crippen molar-refractivity contribution in [2.24, 2.45) is 5.73 Å². The lowest BCUT2D eigenvalue weighted by molar-refractivity contribution is 0.376. The fourth-order valence-electron chi connectivity index (χ4n) is 1.95. The Morgan fingerprint density at radius 3 is 2.40 bits per heavy atom. The van der Waals surface area contributed by atoms with Gasteiger partial charge in [0.1, 0.15) is 11.6 Å². The summed E-state index contributed by atoms with van der Waals surface area (Å²) in [5.41, 5.74) is 7.54. The van der Waals surface area contributed by atoms with Gasteiger partial charge in [0.25, 0.3) is 0 Å². The van der Waals surface area contributed by atoms with Crippen molar-refractivity contribution in [3.8, 4) is 17.2 Å². The highest BCUT2D eigenvalue weighted by molar-refractivity contribution is 5.47. The van der Waals surface area contributed by atoms with E-state index in [0.29, 0.717) is 22.8 Å². The first-order valence-corrected chi connectivity index (χ1v) is 6.39. The number of ether oxygens (including phenoxy) is 2. The molecule has 0 aliphatic heterocycles. The topological polar surface area (TPSA) is 44.5 Å². The minimum Gasteiger partial charge on any atom is -0.493 e. The van der Waals surface area contributed by atoms with E-state index in [0.717, 1.165) is 5.56 Å². The van der Waals surface area contributed by atoms with Crippen LogP contribution in [0.25, 0.3) is 0 Å². The summed E-state index contributed by atoms with van der Waals surface area (Å²) in [6, 6.07) is 9.62. The average molecular weight is 275 g/mol. The molecule has 20 heavy (non-hydrogen) atoms. The van der Waals surface area contributed by atoms with E-state index in [9.17, 15) is 4.39 Å². The van der Waals surface area contributed by atoms with E-state index < -0.39 is 0 Å². The van der Waals surface area contributed by atoms with Gasteiger partial charge in [-0.05, 0) is 49.7 Å². The molecule has 4 heteroatoms. The van der Waals surface area contributed by atoms with Crippen molar-refractivity contribution in [1.29, 1.82) is 0 Å². The van der Waals surface area contributed by atoms with Crippen LogP contribution >= 0.6 is 0 Å². The zero-order valence-corrected chi connectivity index (χ0v) is 11.8. The van der Waals surface area contributed by atoms with Crippen molar-refractivity contribution in [3.05, 3.63) is 53.3 Å². The third-order valence-corrected chi connectivity index (χ3v) is 3.00. The quantitative estimate of drug-likeness (QED) is 0.918. The number of nitrogens with two attached hydrogens (primary N) is 1. The fourth-order valence-corrected chi connectivity index (χ4v) is 1.95. The smallest absolute Gasteiger partial charge is 0.169 e. The van der Waals surface area contributed by atoms with Gasteiger partial charge in [-0.15, -0.1) is 0 Å². The first-order chi connectivity index (χ1) is 9.51. The molecule has 0 heterocycles. The lowest BCUT2D eigenvalue weighted by Gasteiger charge is -2.16. The van der Waals surface area contributed by atoms with E-state index in [-0.39, 0.29) is 11.9 Å². The Morgan fingerprint density at radius 2 is 1.75 bits per heavy atom. The average Bonchev–Trinajstić information content (AvgIpc) is 2.42. The number of halogens is 1. The molecule has 2 aromatic carbocycles. The molecule has 0 saturated carbocycles. The van der Waals surface area contributed by atoms with Crippen molar-refractivity contribution in [2.45, 2.75) is 19.9 Å². The van der Waals surface area contributed by atoms with Gasteiger partial charge < -0.3 is 15.2 Å². The first-order valence-electron chi connectivity index (χ1n) is 6.39. The van der Waals surface area contributed by atoms with E-state index in [2.05, 4.69) is 0 Å². The fraction of sp³-hybridized carbons (Fsp3) is 0.250. The summed E-state index contributed by atoms with van der Waals surface area (Å²) in [5, 5.41) is 0. The van der Waals surface area contributed by atoms with Crippen molar-refractivity contribution in [3.63, 3.8) is 0 Å². The Bertz CT molecular complexity index is 611. The minimum absolute atomic E-state index is 0.322. The van der Waals surface area contributed by atoms with Gasteiger partial charge >= 0.3 is 0 Å². The monoisotopic (exact) mass is 275 g/mol. The number of benzene rings is 2. The number of hydrogen-bond donors (Lipinski definition) is 1. The maximum Gasteiger partial charge on any atom is 0.169 e. The standard InChI is InChI=1S/C16H18FNO2/c1-10-4-6-15(16(8-10)19-3)20-14-7-5-12(17)9-13(14)11(2)18/h4-9,11H,18H2,1-3H3/t11-/m0/s1. The molecule has 0 spiro atoms. The molecule has 1 atom stereocenters. The maximum absolute atomic E-state index is 13.3. The van der Waals surface area contributed by atoms with Crippen LogP contribution in [0.2, 0.25) is 0 Å². The van der Waals surface area contributed by atoms with Crippen molar-refractivity contribution in [2.75, 3.05) is 7.11 Å². The molecule has 2 aromatic rings. The predicted octanol–water partition coefficient (Wildman–Crippen LogP) is 3.95.